The number of ether oxygens (including phenoxy) is 3. The maximum Gasteiger partial charge on any atom is 0.311 e. The van der Waals surface area contributed by atoms with Crippen molar-refractivity contribution in [2.75, 3.05) is 6.61 Å². The summed E-state index contributed by atoms with van der Waals surface area (Å²) >= 11 is 0. The number of esters is 2. The Bertz CT molecular complexity index is 452. The van der Waals surface area contributed by atoms with Crippen molar-refractivity contribution in [3.63, 3.8) is 0 Å². The fourth-order valence-corrected chi connectivity index (χ4v) is 1.90. The van der Waals surface area contributed by atoms with Crippen molar-refractivity contribution in [3.8, 4) is 0 Å². The minimum atomic E-state index is -1.04. The number of allylic oxidation sites excluding steroid dienone is 1. The second-order valence-electron chi connectivity index (χ2n) is 5.22. The molecule has 1 aliphatic heterocycles. The van der Waals surface area contributed by atoms with Crippen LogP contribution in [0.5, 0.6) is 0 Å². The van der Waals surface area contributed by atoms with Crippen LogP contribution in [0.3, 0.4) is 0 Å². The Kier molecular flexibility index (Phi) is 7.63. The summed E-state index contributed by atoms with van der Waals surface area (Å²) in [6.07, 6.45) is 2.57. The van der Waals surface area contributed by atoms with Crippen LogP contribution in [0.2, 0.25) is 0 Å². The number of hydrogen-bond acceptors (Lipinski definition) is 6. The molecular weight excluding hydrogens is 288 g/mol. The molecule has 1 rings (SSSR count). The summed E-state index contributed by atoms with van der Waals surface area (Å²) in [5.41, 5.74) is 0. The molecule has 22 heavy (non-hydrogen) atoms. The van der Waals surface area contributed by atoms with Crippen molar-refractivity contribution in [2.24, 2.45) is 0 Å². The van der Waals surface area contributed by atoms with Crippen LogP contribution in [0.15, 0.2) is 11.5 Å². The highest BCUT2D eigenvalue weighted by Gasteiger charge is 2.35. The molecule has 6 heteroatoms. The van der Waals surface area contributed by atoms with E-state index in [4.69, 9.17) is 14.2 Å². The molecule has 0 aliphatic carbocycles. The molecule has 0 fully saturated rings. The lowest BCUT2D eigenvalue weighted by Gasteiger charge is -2.24. The average Bonchev–Trinajstić information content (AvgIpc) is 2.50. The molecule has 0 radical (unpaired) electrons. The first-order chi connectivity index (χ1) is 10.5. The van der Waals surface area contributed by atoms with Gasteiger partial charge in [-0.15, -0.1) is 0 Å². The monoisotopic (exact) mass is 312 g/mol. The fourth-order valence-electron chi connectivity index (χ4n) is 1.90. The highest BCUT2D eigenvalue weighted by Crippen LogP contribution is 2.20. The quantitative estimate of drug-likeness (QED) is 0.641. The number of ketones is 1. The summed E-state index contributed by atoms with van der Waals surface area (Å²) in [6, 6.07) is 0. The van der Waals surface area contributed by atoms with Gasteiger partial charge in [-0.25, -0.2) is 0 Å². The normalized spacial score (nSPS) is 18.0. The van der Waals surface area contributed by atoms with E-state index in [1.54, 1.807) is 6.92 Å². The lowest BCUT2D eigenvalue weighted by molar-refractivity contribution is -0.161. The van der Waals surface area contributed by atoms with Crippen molar-refractivity contribution >= 4 is 17.7 Å². The smallest absolute Gasteiger partial charge is 0.311 e. The average molecular weight is 312 g/mol. The van der Waals surface area contributed by atoms with Gasteiger partial charge in [-0.3, -0.25) is 14.4 Å². The molecule has 0 amide bonds. The Morgan fingerprint density at radius 1 is 1.14 bits per heavy atom. The van der Waals surface area contributed by atoms with E-state index in [0.29, 0.717) is 12.8 Å². The second kappa shape index (κ2) is 9.23. The van der Waals surface area contributed by atoms with Crippen LogP contribution < -0.4 is 0 Å². The summed E-state index contributed by atoms with van der Waals surface area (Å²) in [7, 11) is 0. The molecule has 1 atom stereocenters. The van der Waals surface area contributed by atoms with E-state index in [0.717, 1.165) is 12.8 Å². The molecule has 0 saturated heterocycles. The zero-order valence-corrected chi connectivity index (χ0v) is 13.5. The van der Waals surface area contributed by atoms with Gasteiger partial charge in [-0.05, 0) is 19.8 Å². The van der Waals surface area contributed by atoms with E-state index in [9.17, 15) is 14.4 Å². The van der Waals surface area contributed by atoms with Gasteiger partial charge >= 0.3 is 11.9 Å². The second-order valence-corrected chi connectivity index (χ2v) is 5.22. The van der Waals surface area contributed by atoms with Crippen LogP contribution in [-0.2, 0) is 28.6 Å². The van der Waals surface area contributed by atoms with Crippen LogP contribution in [-0.4, -0.2) is 30.4 Å². The van der Waals surface area contributed by atoms with Gasteiger partial charge in [0.25, 0.3) is 0 Å². The first-order valence-electron chi connectivity index (χ1n) is 7.77. The maximum absolute atomic E-state index is 12.3. The van der Waals surface area contributed by atoms with Crippen LogP contribution in [0, 0.1) is 0 Å². The van der Waals surface area contributed by atoms with Gasteiger partial charge < -0.3 is 14.2 Å². The van der Waals surface area contributed by atoms with E-state index >= 15 is 0 Å². The molecule has 0 N–H and O–H groups in total. The summed E-state index contributed by atoms with van der Waals surface area (Å²) < 4.78 is 15.5. The minimum absolute atomic E-state index is 0.0431. The van der Waals surface area contributed by atoms with Gasteiger partial charge in [0, 0.05) is 12.8 Å². The van der Waals surface area contributed by atoms with Gasteiger partial charge in [0.2, 0.25) is 17.6 Å². The number of rotatable bonds is 8. The molecule has 1 aliphatic rings. The van der Waals surface area contributed by atoms with Gasteiger partial charge in [-0.1, -0.05) is 26.7 Å². The van der Waals surface area contributed by atoms with Gasteiger partial charge in [0.1, 0.15) is 12.4 Å². The number of carbonyl (C=O) groups is 3. The van der Waals surface area contributed by atoms with Gasteiger partial charge in [0.05, 0.1) is 0 Å². The van der Waals surface area contributed by atoms with E-state index in [1.165, 1.54) is 0 Å². The molecule has 0 saturated carbocycles. The molecule has 0 bridgehead atoms. The Morgan fingerprint density at radius 2 is 1.73 bits per heavy atom. The maximum atomic E-state index is 12.3. The zero-order valence-electron chi connectivity index (χ0n) is 13.5. The molecule has 0 aromatic rings. The van der Waals surface area contributed by atoms with Crippen molar-refractivity contribution in [1.82, 2.24) is 0 Å². The molecule has 1 unspecified atom stereocenters. The third-order valence-electron chi connectivity index (χ3n) is 3.25. The predicted octanol–water partition coefficient (Wildman–Crippen LogP) is 2.65. The van der Waals surface area contributed by atoms with Crippen molar-refractivity contribution in [3.05, 3.63) is 11.5 Å². The predicted molar refractivity (Wildman–Crippen MR) is 78.7 cm³/mol. The first kappa shape index (κ1) is 18.2. The standard InChI is InChI=1S/C16H24O6/c1-4-6-8-13(17)21-12-10-20-11(3)16(15(12)19)22-14(18)9-7-5-2/h12H,4-10H2,1-3H3. The Hall–Kier alpha value is -1.85. The molecule has 124 valence electrons. The largest absolute Gasteiger partial charge is 0.490 e. The van der Waals surface area contributed by atoms with Crippen molar-refractivity contribution < 1.29 is 28.6 Å². The highest BCUT2D eigenvalue weighted by molar-refractivity contribution is 6.00. The van der Waals surface area contributed by atoms with E-state index in [1.807, 2.05) is 13.8 Å². The zero-order chi connectivity index (χ0) is 16.5. The topological polar surface area (TPSA) is 78.9 Å². The molecule has 0 spiro atoms. The molecule has 0 aromatic heterocycles. The number of unbranched alkanes of at least 4 members (excludes halogenated alkanes) is 2. The summed E-state index contributed by atoms with van der Waals surface area (Å²) in [4.78, 5) is 35.5. The minimum Gasteiger partial charge on any atom is -0.490 e. The molecular formula is C16H24O6. The molecule has 6 nitrogen and oxygen atoms in total. The van der Waals surface area contributed by atoms with Crippen LogP contribution >= 0.6 is 0 Å². The fraction of sp³-hybridized carbons (Fsp3) is 0.688. The summed E-state index contributed by atoms with van der Waals surface area (Å²) in [5, 5.41) is 0. The molecule has 0 aromatic carbocycles. The number of Topliss-reactive ketones (excluding diaryl/α,β-unsaturated/α-hetero) is 1. The number of hydrogen-bond donors (Lipinski definition) is 0. The van der Waals surface area contributed by atoms with Crippen molar-refractivity contribution in [2.45, 2.75) is 65.4 Å². The van der Waals surface area contributed by atoms with Crippen molar-refractivity contribution in [1.29, 1.82) is 0 Å². The third-order valence-corrected chi connectivity index (χ3v) is 3.25. The van der Waals surface area contributed by atoms with Crippen LogP contribution in [0.25, 0.3) is 0 Å². The summed E-state index contributed by atoms with van der Waals surface area (Å²) in [5.74, 6) is -1.35. The Morgan fingerprint density at radius 3 is 2.32 bits per heavy atom. The Balaban J connectivity index is 2.63. The van der Waals surface area contributed by atoms with Gasteiger partial charge in [-0.2, -0.15) is 0 Å². The van der Waals surface area contributed by atoms with Crippen LogP contribution in [0.4, 0.5) is 0 Å². The Labute approximate surface area is 130 Å². The van der Waals surface area contributed by atoms with E-state index < -0.39 is 23.8 Å². The number of carbonyl (C=O) groups excluding carboxylic acids is 3. The van der Waals surface area contributed by atoms with Crippen LogP contribution in [0.1, 0.15) is 59.3 Å². The summed E-state index contributed by atoms with van der Waals surface area (Å²) in [6.45, 7) is 5.43. The van der Waals surface area contributed by atoms with Gasteiger partial charge in [0.15, 0.2) is 0 Å². The lowest BCUT2D eigenvalue weighted by atomic mass is 10.1. The SMILES string of the molecule is CCCCC(=O)OC1=C(C)OCC(OC(=O)CCCC)C1=O. The molecule has 1 heterocycles. The highest BCUT2D eigenvalue weighted by atomic mass is 16.6. The lowest BCUT2D eigenvalue weighted by Crippen LogP contribution is -2.38. The van der Waals surface area contributed by atoms with E-state index in [2.05, 4.69) is 0 Å². The first-order valence-corrected chi connectivity index (χ1v) is 7.77. The van der Waals surface area contributed by atoms with E-state index in [-0.39, 0.29) is 31.0 Å². The third kappa shape index (κ3) is 5.50.